The Hall–Kier alpha value is -1.75. The highest BCUT2D eigenvalue weighted by atomic mass is 15.3. The van der Waals surface area contributed by atoms with Gasteiger partial charge in [0.25, 0.3) is 0 Å². The van der Waals surface area contributed by atoms with Crippen LogP contribution in [0.5, 0.6) is 0 Å². The monoisotopic (exact) mass is 287 g/mol. The number of likely N-dealkylation sites (N-methyl/N-ethyl adjacent to an activating group) is 1. The number of aromatic nitrogens is 4. The molecule has 5 nitrogen and oxygen atoms in total. The quantitative estimate of drug-likeness (QED) is 0.808. The Morgan fingerprint density at radius 2 is 2.19 bits per heavy atom. The van der Waals surface area contributed by atoms with Crippen molar-refractivity contribution in [3.05, 3.63) is 42.2 Å². The zero-order valence-electron chi connectivity index (χ0n) is 13.2. The molecule has 0 fully saturated rings. The van der Waals surface area contributed by atoms with Gasteiger partial charge in [-0.3, -0.25) is 4.98 Å². The van der Waals surface area contributed by atoms with Crippen LogP contribution in [0.25, 0.3) is 0 Å². The third kappa shape index (κ3) is 4.93. The maximum atomic E-state index is 4.41. The molecule has 0 aromatic carbocycles. The van der Waals surface area contributed by atoms with Crippen LogP contribution in [0.15, 0.2) is 30.9 Å². The molecule has 1 N–H and O–H groups in total. The van der Waals surface area contributed by atoms with Gasteiger partial charge in [-0.15, -0.1) is 0 Å². The van der Waals surface area contributed by atoms with Gasteiger partial charge < -0.3 is 5.32 Å². The van der Waals surface area contributed by atoms with Crippen molar-refractivity contribution < 1.29 is 0 Å². The Morgan fingerprint density at radius 3 is 2.86 bits per heavy atom. The first kappa shape index (κ1) is 15.6. The topological polar surface area (TPSA) is 55.6 Å². The summed E-state index contributed by atoms with van der Waals surface area (Å²) in [5, 5.41) is 7.72. The number of rotatable bonds is 8. The van der Waals surface area contributed by atoms with Gasteiger partial charge in [-0.25, -0.2) is 9.67 Å². The van der Waals surface area contributed by atoms with E-state index in [2.05, 4.69) is 40.3 Å². The minimum Gasteiger partial charge on any atom is -0.317 e. The molecule has 5 heteroatoms. The standard InChI is InChI=1S/C16H25N5/c1-13(2)11-21-16(19-12-20-21)9-15(17-3)7-6-14-5-4-8-18-10-14/h4-5,8,10,12-13,15,17H,6-7,9,11H2,1-3H3. The van der Waals surface area contributed by atoms with Gasteiger partial charge in [-0.1, -0.05) is 19.9 Å². The molecule has 0 bridgehead atoms. The molecule has 0 radical (unpaired) electrons. The summed E-state index contributed by atoms with van der Waals surface area (Å²) in [4.78, 5) is 8.58. The van der Waals surface area contributed by atoms with E-state index >= 15 is 0 Å². The molecular weight excluding hydrogens is 262 g/mol. The van der Waals surface area contributed by atoms with Crippen LogP contribution in [0.1, 0.15) is 31.7 Å². The first-order valence-corrected chi connectivity index (χ1v) is 7.62. The Morgan fingerprint density at radius 1 is 1.33 bits per heavy atom. The summed E-state index contributed by atoms with van der Waals surface area (Å²) < 4.78 is 2.03. The molecule has 0 spiro atoms. The minimum atomic E-state index is 0.403. The lowest BCUT2D eigenvalue weighted by Gasteiger charge is -2.16. The first-order valence-electron chi connectivity index (χ1n) is 7.62. The molecule has 114 valence electrons. The lowest BCUT2D eigenvalue weighted by atomic mass is 10.0. The number of hydrogen-bond acceptors (Lipinski definition) is 4. The predicted molar refractivity (Wildman–Crippen MR) is 84.0 cm³/mol. The van der Waals surface area contributed by atoms with E-state index in [1.54, 1.807) is 6.33 Å². The van der Waals surface area contributed by atoms with Gasteiger partial charge >= 0.3 is 0 Å². The van der Waals surface area contributed by atoms with Gasteiger partial charge in [0.2, 0.25) is 0 Å². The molecule has 0 saturated heterocycles. The third-order valence-corrected chi connectivity index (χ3v) is 3.58. The van der Waals surface area contributed by atoms with E-state index in [9.17, 15) is 0 Å². The van der Waals surface area contributed by atoms with Gasteiger partial charge in [0.05, 0.1) is 0 Å². The maximum Gasteiger partial charge on any atom is 0.138 e. The Labute approximate surface area is 126 Å². The van der Waals surface area contributed by atoms with Crippen LogP contribution in [0, 0.1) is 5.92 Å². The minimum absolute atomic E-state index is 0.403. The Balaban J connectivity index is 1.91. The highest BCUT2D eigenvalue weighted by Gasteiger charge is 2.13. The second kappa shape index (κ2) is 7.88. The van der Waals surface area contributed by atoms with Gasteiger partial charge in [0.1, 0.15) is 12.2 Å². The predicted octanol–water partition coefficient (Wildman–Crippen LogP) is 2.09. The second-order valence-corrected chi connectivity index (χ2v) is 5.84. The lowest BCUT2D eigenvalue weighted by molar-refractivity contribution is 0.440. The Kier molecular flexibility index (Phi) is 5.87. The third-order valence-electron chi connectivity index (χ3n) is 3.58. The van der Waals surface area contributed by atoms with Crippen molar-refractivity contribution in [2.75, 3.05) is 7.05 Å². The molecule has 0 aliphatic carbocycles. The zero-order valence-corrected chi connectivity index (χ0v) is 13.2. The smallest absolute Gasteiger partial charge is 0.138 e. The van der Waals surface area contributed by atoms with E-state index in [4.69, 9.17) is 0 Å². The summed E-state index contributed by atoms with van der Waals surface area (Å²) in [5.74, 6) is 1.64. The van der Waals surface area contributed by atoms with Crippen molar-refractivity contribution in [1.29, 1.82) is 0 Å². The maximum absolute atomic E-state index is 4.41. The highest BCUT2D eigenvalue weighted by Crippen LogP contribution is 2.09. The average molecular weight is 287 g/mol. The van der Waals surface area contributed by atoms with Gasteiger partial charge in [0.15, 0.2) is 0 Å². The number of hydrogen-bond donors (Lipinski definition) is 1. The van der Waals surface area contributed by atoms with E-state index < -0.39 is 0 Å². The van der Waals surface area contributed by atoms with Crippen molar-refractivity contribution >= 4 is 0 Å². The average Bonchev–Trinajstić information content (AvgIpc) is 2.90. The largest absolute Gasteiger partial charge is 0.317 e. The van der Waals surface area contributed by atoms with Crippen LogP contribution in [0.2, 0.25) is 0 Å². The lowest BCUT2D eigenvalue weighted by Crippen LogP contribution is -2.30. The summed E-state index contributed by atoms with van der Waals surface area (Å²) in [6, 6.07) is 4.52. The fraction of sp³-hybridized carbons (Fsp3) is 0.562. The summed E-state index contributed by atoms with van der Waals surface area (Å²) >= 11 is 0. The van der Waals surface area contributed by atoms with Gasteiger partial charge in [-0.05, 0) is 37.4 Å². The molecular formula is C16H25N5. The second-order valence-electron chi connectivity index (χ2n) is 5.84. The molecule has 2 heterocycles. The van der Waals surface area contributed by atoms with Crippen LogP contribution in [0.4, 0.5) is 0 Å². The Bertz CT molecular complexity index is 520. The van der Waals surface area contributed by atoms with E-state index in [-0.39, 0.29) is 0 Å². The number of nitrogens with zero attached hydrogens (tertiary/aromatic N) is 4. The summed E-state index contributed by atoms with van der Waals surface area (Å²) in [7, 11) is 2.01. The summed E-state index contributed by atoms with van der Waals surface area (Å²) in [6.07, 6.45) is 8.41. The molecule has 0 aliphatic rings. The van der Waals surface area contributed by atoms with E-state index in [1.807, 2.05) is 30.2 Å². The SMILES string of the molecule is CNC(CCc1cccnc1)Cc1ncnn1CC(C)C. The number of pyridine rings is 1. The molecule has 2 rings (SSSR count). The molecule has 0 saturated carbocycles. The molecule has 21 heavy (non-hydrogen) atoms. The van der Waals surface area contributed by atoms with Crippen LogP contribution in [-0.2, 0) is 19.4 Å². The van der Waals surface area contributed by atoms with E-state index in [1.165, 1.54) is 5.56 Å². The molecule has 2 aromatic heterocycles. The van der Waals surface area contributed by atoms with Crippen molar-refractivity contribution in [3.63, 3.8) is 0 Å². The molecule has 0 amide bonds. The number of aryl methyl sites for hydroxylation is 1. The summed E-state index contributed by atoms with van der Waals surface area (Å²) in [6.45, 7) is 5.32. The normalized spacial score (nSPS) is 12.8. The molecule has 2 aromatic rings. The fourth-order valence-corrected chi connectivity index (χ4v) is 2.40. The number of nitrogens with one attached hydrogen (secondary N) is 1. The van der Waals surface area contributed by atoms with Crippen LogP contribution in [-0.4, -0.2) is 32.8 Å². The van der Waals surface area contributed by atoms with Gasteiger partial charge in [0, 0.05) is 31.4 Å². The molecule has 1 atom stereocenters. The van der Waals surface area contributed by atoms with Gasteiger partial charge in [-0.2, -0.15) is 5.10 Å². The molecule has 0 aliphatic heterocycles. The van der Waals surface area contributed by atoms with E-state index in [0.717, 1.165) is 31.6 Å². The zero-order chi connectivity index (χ0) is 15.1. The van der Waals surface area contributed by atoms with Crippen molar-refractivity contribution in [1.82, 2.24) is 25.1 Å². The first-order chi connectivity index (χ1) is 10.2. The van der Waals surface area contributed by atoms with E-state index in [0.29, 0.717) is 12.0 Å². The van der Waals surface area contributed by atoms with Crippen molar-refractivity contribution in [2.45, 2.75) is 45.7 Å². The fourth-order valence-electron chi connectivity index (χ4n) is 2.40. The summed E-state index contributed by atoms with van der Waals surface area (Å²) in [5.41, 5.74) is 1.28. The van der Waals surface area contributed by atoms with Crippen LogP contribution < -0.4 is 5.32 Å². The molecule has 1 unspecified atom stereocenters. The van der Waals surface area contributed by atoms with Crippen LogP contribution in [0.3, 0.4) is 0 Å². The van der Waals surface area contributed by atoms with Crippen molar-refractivity contribution in [3.8, 4) is 0 Å². The van der Waals surface area contributed by atoms with Crippen LogP contribution >= 0.6 is 0 Å². The highest BCUT2D eigenvalue weighted by molar-refractivity contribution is 5.08. The van der Waals surface area contributed by atoms with Crippen molar-refractivity contribution in [2.24, 2.45) is 5.92 Å².